The predicted octanol–water partition coefficient (Wildman–Crippen LogP) is 4.11. The Morgan fingerprint density at radius 2 is 2.12 bits per heavy atom. The van der Waals surface area contributed by atoms with Gasteiger partial charge in [-0.25, -0.2) is 4.79 Å². The van der Waals surface area contributed by atoms with Gasteiger partial charge in [0.05, 0.1) is 12.1 Å². The van der Waals surface area contributed by atoms with Gasteiger partial charge >= 0.3 is 12.1 Å². The second-order valence-electron chi connectivity index (χ2n) is 7.18. The molecule has 32 heavy (non-hydrogen) atoms. The summed E-state index contributed by atoms with van der Waals surface area (Å²) in [4.78, 5) is 30.8. The van der Waals surface area contributed by atoms with Crippen molar-refractivity contribution >= 4 is 22.8 Å². The van der Waals surface area contributed by atoms with Gasteiger partial charge in [0, 0.05) is 30.9 Å². The first-order valence-electron chi connectivity index (χ1n) is 9.91. The van der Waals surface area contributed by atoms with E-state index in [0.29, 0.717) is 29.7 Å². The summed E-state index contributed by atoms with van der Waals surface area (Å²) in [6.07, 6.45) is -3.72. The maximum atomic E-state index is 13.0. The highest BCUT2D eigenvalue weighted by molar-refractivity contribution is 6.02. The van der Waals surface area contributed by atoms with E-state index in [1.807, 2.05) is 0 Å². The highest BCUT2D eigenvalue weighted by atomic mass is 19.4. The minimum Gasteiger partial charge on any atom is -0.458 e. The number of carbonyl (C=O) groups is 2. The van der Waals surface area contributed by atoms with E-state index in [4.69, 9.17) is 4.42 Å². The van der Waals surface area contributed by atoms with E-state index in [2.05, 4.69) is 14.5 Å². The topological polar surface area (TPSA) is 81.9 Å². The first kappa shape index (κ1) is 21.8. The van der Waals surface area contributed by atoms with E-state index in [1.165, 1.54) is 25.3 Å². The number of furan rings is 1. The molecule has 3 aromatic rings. The quantitative estimate of drug-likeness (QED) is 0.417. The summed E-state index contributed by atoms with van der Waals surface area (Å²) < 4.78 is 53.9. The third kappa shape index (κ3) is 4.31. The van der Waals surface area contributed by atoms with E-state index < -0.39 is 18.4 Å². The van der Waals surface area contributed by atoms with Crippen LogP contribution >= 0.6 is 0 Å². The Morgan fingerprint density at radius 3 is 2.88 bits per heavy atom. The van der Waals surface area contributed by atoms with Crippen LogP contribution in [0.2, 0.25) is 0 Å². The van der Waals surface area contributed by atoms with Crippen molar-refractivity contribution in [3.63, 3.8) is 0 Å². The first-order valence-corrected chi connectivity index (χ1v) is 9.91. The van der Waals surface area contributed by atoms with E-state index in [9.17, 15) is 22.8 Å². The van der Waals surface area contributed by atoms with E-state index >= 15 is 0 Å². The van der Waals surface area contributed by atoms with Crippen LogP contribution in [-0.2, 0) is 22.4 Å². The Morgan fingerprint density at radius 1 is 1.31 bits per heavy atom. The van der Waals surface area contributed by atoms with Crippen molar-refractivity contribution in [1.29, 1.82) is 0 Å². The number of ether oxygens (including phenoxy) is 2. The maximum absolute atomic E-state index is 13.0. The zero-order valence-corrected chi connectivity index (χ0v) is 17.0. The Balaban J connectivity index is 1.56. The van der Waals surface area contributed by atoms with Gasteiger partial charge in [0.25, 0.3) is 12.2 Å². The molecule has 0 fully saturated rings. The fraction of sp³-hybridized carbons (Fsp3) is 0.318. The standard InChI is InChI=1S/C22H19F3N2O5/c1-2-30-21(22(23,24)25)32-20(29)16-5-3-4-14-10-15(31-18(14)16)12-27-9-7-13-6-8-26-11-17(13)19(27)28/h3-6,8,10-11,21H,2,7,9,12H2,1H3. The Bertz CT molecular complexity index is 1160. The number of hydrogen-bond donors (Lipinski definition) is 0. The average Bonchev–Trinajstić information content (AvgIpc) is 3.17. The normalized spacial score (nSPS) is 15.0. The van der Waals surface area contributed by atoms with E-state index in [-0.39, 0.29) is 30.2 Å². The third-order valence-electron chi connectivity index (χ3n) is 5.04. The summed E-state index contributed by atoms with van der Waals surface area (Å²) in [5.74, 6) is -1.02. The molecule has 1 aliphatic rings. The van der Waals surface area contributed by atoms with Crippen molar-refractivity contribution in [3.8, 4) is 0 Å². The Labute approximate surface area is 180 Å². The number of rotatable bonds is 6. The second kappa shape index (κ2) is 8.62. The minimum atomic E-state index is -4.87. The van der Waals surface area contributed by atoms with Crippen LogP contribution in [0.15, 0.2) is 47.1 Å². The Kier molecular flexibility index (Phi) is 5.88. The molecule has 1 unspecified atom stereocenters. The van der Waals surface area contributed by atoms with Crippen LogP contribution in [-0.4, -0.2) is 47.4 Å². The lowest BCUT2D eigenvalue weighted by Crippen LogP contribution is -2.37. The fourth-order valence-corrected chi connectivity index (χ4v) is 3.56. The Hall–Kier alpha value is -3.40. The number of benzene rings is 1. The number of carbonyl (C=O) groups excluding carboxylic acids is 2. The number of aromatic nitrogens is 1. The number of pyridine rings is 1. The molecule has 1 aromatic carbocycles. The number of amides is 1. The lowest BCUT2D eigenvalue weighted by atomic mass is 10.0. The number of esters is 1. The number of nitrogens with zero attached hydrogens (tertiary/aromatic N) is 2. The number of halogens is 3. The fourth-order valence-electron chi connectivity index (χ4n) is 3.56. The van der Waals surface area contributed by atoms with Gasteiger partial charge in [-0.1, -0.05) is 12.1 Å². The van der Waals surface area contributed by atoms with Gasteiger partial charge < -0.3 is 18.8 Å². The van der Waals surface area contributed by atoms with Crippen LogP contribution in [0.4, 0.5) is 13.2 Å². The molecule has 168 valence electrons. The summed E-state index contributed by atoms with van der Waals surface area (Å²) in [6, 6.07) is 7.92. The molecule has 1 amide bonds. The van der Waals surface area contributed by atoms with Gasteiger partial charge in [-0.3, -0.25) is 9.78 Å². The summed E-state index contributed by atoms with van der Waals surface area (Å²) in [7, 11) is 0. The number of hydrogen-bond acceptors (Lipinski definition) is 6. The largest absolute Gasteiger partial charge is 0.458 e. The highest BCUT2D eigenvalue weighted by Gasteiger charge is 2.44. The van der Waals surface area contributed by atoms with Crippen LogP contribution < -0.4 is 0 Å². The molecule has 0 aliphatic carbocycles. The zero-order valence-electron chi connectivity index (χ0n) is 17.0. The van der Waals surface area contributed by atoms with Gasteiger partial charge in [-0.05, 0) is 37.1 Å². The summed E-state index contributed by atoms with van der Waals surface area (Å²) in [5.41, 5.74) is 1.36. The molecule has 0 bridgehead atoms. The predicted molar refractivity (Wildman–Crippen MR) is 106 cm³/mol. The molecule has 1 aliphatic heterocycles. The molecule has 3 heterocycles. The average molecular weight is 448 g/mol. The molecule has 0 spiro atoms. The van der Waals surface area contributed by atoms with Crippen molar-refractivity contribution in [3.05, 3.63) is 65.2 Å². The summed E-state index contributed by atoms with van der Waals surface area (Å²) in [6.45, 7) is 1.70. The second-order valence-corrected chi connectivity index (χ2v) is 7.18. The molecule has 0 saturated carbocycles. The number of para-hydroxylation sites is 1. The van der Waals surface area contributed by atoms with Gasteiger partial charge in [0.1, 0.15) is 16.9 Å². The molecule has 0 saturated heterocycles. The maximum Gasteiger partial charge on any atom is 0.452 e. The van der Waals surface area contributed by atoms with Crippen molar-refractivity contribution in [2.24, 2.45) is 0 Å². The van der Waals surface area contributed by atoms with Crippen molar-refractivity contribution < 1.29 is 36.7 Å². The van der Waals surface area contributed by atoms with Crippen LogP contribution in [0.5, 0.6) is 0 Å². The summed E-state index contributed by atoms with van der Waals surface area (Å²) >= 11 is 0. The van der Waals surface area contributed by atoms with Crippen LogP contribution in [0.3, 0.4) is 0 Å². The third-order valence-corrected chi connectivity index (χ3v) is 5.04. The molecule has 4 rings (SSSR count). The number of fused-ring (bicyclic) bond motifs is 2. The smallest absolute Gasteiger partial charge is 0.452 e. The molecule has 7 nitrogen and oxygen atoms in total. The first-order chi connectivity index (χ1) is 15.3. The molecular formula is C22H19F3N2O5. The number of alkyl halides is 3. The molecule has 0 radical (unpaired) electrons. The van der Waals surface area contributed by atoms with E-state index in [0.717, 1.165) is 5.56 Å². The van der Waals surface area contributed by atoms with Crippen molar-refractivity contribution in [2.45, 2.75) is 32.4 Å². The van der Waals surface area contributed by atoms with E-state index in [1.54, 1.807) is 29.3 Å². The zero-order chi connectivity index (χ0) is 22.9. The van der Waals surface area contributed by atoms with Crippen LogP contribution in [0.1, 0.15) is 39.0 Å². The SMILES string of the molecule is CCOC(OC(=O)c1cccc2cc(CN3CCc4ccncc4C3=O)oc12)C(F)(F)F. The molecule has 1 atom stereocenters. The minimum absolute atomic E-state index is 0.0800. The molecular weight excluding hydrogens is 429 g/mol. The molecule has 10 heteroatoms. The van der Waals surface area contributed by atoms with Gasteiger partial charge in [0.15, 0.2) is 0 Å². The van der Waals surface area contributed by atoms with Gasteiger partial charge in [0.2, 0.25) is 0 Å². The van der Waals surface area contributed by atoms with Crippen LogP contribution in [0, 0.1) is 0 Å². The summed E-state index contributed by atoms with van der Waals surface area (Å²) in [5, 5.41) is 0.501. The van der Waals surface area contributed by atoms with Crippen molar-refractivity contribution in [2.75, 3.05) is 13.2 Å². The van der Waals surface area contributed by atoms with Crippen molar-refractivity contribution in [1.82, 2.24) is 9.88 Å². The van der Waals surface area contributed by atoms with Crippen LogP contribution in [0.25, 0.3) is 11.0 Å². The highest BCUT2D eigenvalue weighted by Crippen LogP contribution is 2.29. The lowest BCUT2D eigenvalue weighted by molar-refractivity contribution is -0.290. The molecule has 0 N–H and O–H groups in total. The lowest BCUT2D eigenvalue weighted by Gasteiger charge is -2.27. The molecule has 2 aromatic heterocycles. The van der Waals surface area contributed by atoms with Gasteiger partial charge in [-0.2, -0.15) is 13.2 Å². The monoisotopic (exact) mass is 448 g/mol. The van der Waals surface area contributed by atoms with Gasteiger partial charge in [-0.15, -0.1) is 0 Å².